The van der Waals surface area contributed by atoms with E-state index in [1.165, 1.54) is 25.3 Å². The van der Waals surface area contributed by atoms with Crippen LogP contribution in [0.5, 0.6) is 6.01 Å². The second-order valence-electron chi connectivity index (χ2n) is 8.73. The van der Waals surface area contributed by atoms with Gasteiger partial charge in [0, 0.05) is 23.2 Å². The van der Waals surface area contributed by atoms with Gasteiger partial charge in [-0.1, -0.05) is 29.8 Å². The third kappa shape index (κ3) is 8.42. The van der Waals surface area contributed by atoms with Crippen molar-refractivity contribution in [3.63, 3.8) is 0 Å². The molecule has 0 radical (unpaired) electrons. The van der Waals surface area contributed by atoms with Crippen LogP contribution >= 0.6 is 11.6 Å². The van der Waals surface area contributed by atoms with Crippen LogP contribution in [-0.2, 0) is 11.2 Å². The van der Waals surface area contributed by atoms with E-state index in [-0.39, 0.29) is 33.8 Å². The van der Waals surface area contributed by atoms with Crippen molar-refractivity contribution >= 4 is 51.8 Å². The second-order valence-corrected chi connectivity index (χ2v) is 9.13. The maximum atomic E-state index is 12.9. The number of aryl methyl sites for hydroxylation is 1. The number of H-pyrrole nitrogens is 1. The summed E-state index contributed by atoms with van der Waals surface area (Å²) < 4.78 is 36.8. The lowest BCUT2D eigenvalue weighted by atomic mass is 10.1. The number of ether oxygens (including phenoxy) is 1. The summed E-state index contributed by atoms with van der Waals surface area (Å²) in [4.78, 5) is 57.9. The number of nitrogens with one attached hydrogen (secondary N) is 3. The summed E-state index contributed by atoms with van der Waals surface area (Å²) in [6, 6.07) is 13.4. The van der Waals surface area contributed by atoms with Gasteiger partial charge in [-0.15, -0.1) is 0 Å². The Bertz CT molecular complexity index is 1750. The van der Waals surface area contributed by atoms with Gasteiger partial charge in [0.05, 0.1) is 23.5 Å². The molecule has 226 valence electrons. The van der Waals surface area contributed by atoms with E-state index in [0.717, 1.165) is 5.56 Å². The summed E-state index contributed by atoms with van der Waals surface area (Å²) in [6.07, 6.45) is -4.52. The van der Waals surface area contributed by atoms with Crippen LogP contribution in [0.4, 0.5) is 24.5 Å². The molecule has 4 rings (SSSR count). The maximum absolute atomic E-state index is 12.9. The number of carbonyl (C=O) groups excluding carboxylic acids is 2. The largest absolute Gasteiger partial charge is 0.490 e. The monoisotopic (exact) mass is 620 g/mol. The number of pyridine rings is 1. The Kier molecular flexibility index (Phi) is 10.3. The zero-order valence-electron chi connectivity index (χ0n) is 22.5. The van der Waals surface area contributed by atoms with Crippen molar-refractivity contribution in [1.82, 2.24) is 20.3 Å². The number of nitrogens with two attached hydrogens (primary N) is 1. The van der Waals surface area contributed by atoms with Gasteiger partial charge in [-0.2, -0.15) is 23.1 Å². The quantitative estimate of drug-likeness (QED) is 0.192. The van der Waals surface area contributed by atoms with Gasteiger partial charge < -0.3 is 31.2 Å². The summed E-state index contributed by atoms with van der Waals surface area (Å²) in [6.45, 7) is 2.08. The molecule has 0 saturated carbocycles. The standard InChI is InChI=1S/C25H23ClN6O4.C2HF3O2/c1-13-16-12-17(24(35)31-21(16)32-25(29-13)36-2)23(34)30-20-11-15(7-8-18(20)26)22(33)28-10-9-14-5-3-4-6-19(14)27;3-2(4,5)1(6)7/h3-8,11-12H,9-10,27H2,1-2H3,(H,28,33)(H,30,34)(H,29,31,32,35);(H,6,7). The average molecular weight is 621 g/mol. The molecule has 0 bridgehead atoms. The lowest BCUT2D eigenvalue weighted by Gasteiger charge is -2.11. The van der Waals surface area contributed by atoms with Crippen LogP contribution in [0.1, 0.15) is 32.0 Å². The number of hydrogen-bond donors (Lipinski definition) is 5. The predicted octanol–water partition coefficient (Wildman–Crippen LogP) is 3.73. The predicted molar refractivity (Wildman–Crippen MR) is 151 cm³/mol. The molecule has 2 aromatic carbocycles. The number of carbonyl (C=O) groups is 3. The number of fused-ring (bicyclic) bond motifs is 1. The Morgan fingerprint density at radius 2 is 1.77 bits per heavy atom. The van der Waals surface area contributed by atoms with E-state index in [1.54, 1.807) is 19.1 Å². The molecule has 12 nitrogen and oxygen atoms in total. The molecule has 2 heterocycles. The Morgan fingerprint density at radius 3 is 2.40 bits per heavy atom. The number of anilines is 2. The highest BCUT2D eigenvalue weighted by Gasteiger charge is 2.38. The molecule has 0 unspecified atom stereocenters. The summed E-state index contributed by atoms with van der Waals surface area (Å²) >= 11 is 6.25. The number of rotatable bonds is 7. The number of aromatic nitrogens is 3. The molecule has 2 amide bonds. The topological polar surface area (TPSA) is 189 Å². The third-order valence-electron chi connectivity index (χ3n) is 5.76. The zero-order chi connectivity index (χ0) is 31.9. The smallest absolute Gasteiger partial charge is 0.475 e. The van der Waals surface area contributed by atoms with Gasteiger partial charge in [0.2, 0.25) is 0 Å². The fraction of sp³-hybridized carbons (Fsp3) is 0.185. The number of amides is 2. The molecule has 0 aliphatic carbocycles. The molecule has 16 heteroatoms. The van der Waals surface area contributed by atoms with Gasteiger partial charge in [-0.05, 0) is 49.2 Å². The lowest BCUT2D eigenvalue weighted by Crippen LogP contribution is -2.26. The van der Waals surface area contributed by atoms with Gasteiger partial charge >= 0.3 is 18.2 Å². The first-order valence-electron chi connectivity index (χ1n) is 12.2. The molecule has 6 N–H and O–H groups in total. The van der Waals surface area contributed by atoms with Crippen LogP contribution in [0, 0.1) is 6.92 Å². The number of nitrogens with zero attached hydrogens (tertiary/aromatic N) is 2. The highest BCUT2D eigenvalue weighted by Crippen LogP contribution is 2.24. The van der Waals surface area contributed by atoms with Crippen LogP contribution < -0.4 is 26.7 Å². The van der Waals surface area contributed by atoms with Crippen molar-refractivity contribution in [3.8, 4) is 6.01 Å². The highest BCUT2D eigenvalue weighted by atomic mass is 35.5. The number of aliphatic carboxylic acids is 1. The molecule has 0 aliphatic heterocycles. The third-order valence-corrected chi connectivity index (χ3v) is 6.09. The highest BCUT2D eigenvalue weighted by molar-refractivity contribution is 6.34. The second kappa shape index (κ2) is 13.7. The SMILES string of the molecule is COc1nc(C)c2cc(C(=O)Nc3cc(C(=O)NCCc4ccccc4N)ccc3Cl)c(=O)[nH]c2n1.O=C(O)C(F)(F)F. The minimum atomic E-state index is -5.08. The number of nitrogen functional groups attached to an aromatic ring is 1. The van der Waals surface area contributed by atoms with Gasteiger partial charge in [-0.3, -0.25) is 14.4 Å². The Balaban J connectivity index is 0.000000646. The normalized spacial score (nSPS) is 10.8. The first kappa shape index (κ1) is 32.3. The van der Waals surface area contributed by atoms with Crippen LogP contribution in [0.3, 0.4) is 0 Å². The van der Waals surface area contributed by atoms with Gasteiger partial charge in [0.15, 0.2) is 0 Å². The summed E-state index contributed by atoms with van der Waals surface area (Å²) in [5, 5.41) is 13.2. The van der Waals surface area contributed by atoms with Gasteiger partial charge in [0.1, 0.15) is 11.2 Å². The van der Waals surface area contributed by atoms with Crippen molar-refractivity contribution in [1.29, 1.82) is 0 Å². The number of carboxylic acids is 1. The fourth-order valence-electron chi connectivity index (χ4n) is 3.60. The first-order valence-corrected chi connectivity index (χ1v) is 12.6. The number of para-hydroxylation sites is 1. The van der Waals surface area contributed by atoms with Gasteiger partial charge in [0.25, 0.3) is 17.4 Å². The molecule has 0 spiro atoms. The van der Waals surface area contributed by atoms with Crippen LogP contribution in [0.2, 0.25) is 5.02 Å². The average Bonchev–Trinajstić information content (AvgIpc) is 2.94. The van der Waals surface area contributed by atoms with E-state index in [1.807, 2.05) is 18.2 Å². The Morgan fingerprint density at radius 1 is 1.09 bits per heavy atom. The van der Waals surface area contributed by atoms with E-state index in [9.17, 15) is 27.6 Å². The molecule has 2 aromatic heterocycles. The number of hydrogen-bond acceptors (Lipinski definition) is 8. The van der Waals surface area contributed by atoms with Crippen molar-refractivity contribution in [2.45, 2.75) is 19.5 Å². The zero-order valence-corrected chi connectivity index (χ0v) is 23.3. The van der Waals surface area contributed by atoms with E-state index in [4.69, 9.17) is 32.0 Å². The number of halogens is 4. The van der Waals surface area contributed by atoms with E-state index >= 15 is 0 Å². The first-order chi connectivity index (χ1) is 20.2. The summed E-state index contributed by atoms with van der Waals surface area (Å²) in [7, 11) is 1.41. The van der Waals surface area contributed by atoms with Crippen molar-refractivity contribution < 1.29 is 37.4 Å². The van der Waals surface area contributed by atoms with E-state index in [2.05, 4.69) is 25.6 Å². The number of aromatic amines is 1. The molecular weight excluding hydrogens is 597 g/mol. The van der Waals surface area contributed by atoms with Gasteiger partial charge in [-0.25, -0.2) is 4.79 Å². The van der Waals surface area contributed by atoms with Crippen molar-refractivity contribution in [2.75, 3.05) is 24.7 Å². The summed E-state index contributed by atoms with van der Waals surface area (Å²) in [5.74, 6) is -3.80. The number of alkyl halides is 3. The molecule has 43 heavy (non-hydrogen) atoms. The molecular formula is C27H24ClF3N6O6. The lowest BCUT2D eigenvalue weighted by molar-refractivity contribution is -0.192. The molecule has 0 saturated heterocycles. The number of carboxylic acid groups (broad SMARTS) is 1. The molecule has 0 fully saturated rings. The fourth-order valence-corrected chi connectivity index (χ4v) is 3.76. The van der Waals surface area contributed by atoms with E-state index in [0.29, 0.717) is 35.3 Å². The van der Waals surface area contributed by atoms with E-state index < -0.39 is 23.6 Å². The molecule has 0 atom stereocenters. The van der Waals surface area contributed by atoms with Crippen molar-refractivity contribution in [3.05, 3.63) is 86.3 Å². The number of benzene rings is 2. The van der Waals surface area contributed by atoms with Crippen LogP contribution in [0.15, 0.2) is 53.3 Å². The minimum absolute atomic E-state index is 0.0990. The molecule has 0 aliphatic rings. The number of methoxy groups -OCH3 is 1. The van der Waals surface area contributed by atoms with Crippen molar-refractivity contribution in [2.24, 2.45) is 0 Å². The van der Waals surface area contributed by atoms with Crippen LogP contribution in [0.25, 0.3) is 11.0 Å². The van der Waals surface area contributed by atoms with Crippen LogP contribution in [-0.4, -0.2) is 57.7 Å². The minimum Gasteiger partial charge on any atom is -0.475 e. The summed E-state index contributed by atoms with van der Waals surface area (Å²) in [5.41, 5.74) is 7.96. The maximum Gasteiger partial charge on any atom is 0.490 e. The molecule has 4 aromatic rings. The Hall–Kier alpha value is -5.18. The Labute approximate surface area is 246 Å².